The molecule has 1 aromatic rings. The average Bonchev–Trinajstić information content (AvgIpc) is 2.61. The van der Waals surface area contributed by atoms with E-state index >= 15 is 0 Å². The number of aromatic nitrogens is 2. The molecule has 1 unspecified atom stereocenters. The standard InChI is InChI=1S/C9H14N4O2/c1-3-4-7(10)9(14)11-5-8-12-6(2)13-15-8/h3,7H,1,4-5,10H2,2H3,(H,11,14). The van der Waals surface area contributed by atoms with Gasteiger partial charge in [0.25, 0.3) is 0 Å². The lowest BCUT2D eigenvalue weighted by atomic mass is 10.2. The van der Waals surface area contributed by atoms with E-state index in [0.717, 1.165) is 0 Å². The van der Waals surface area contributed by atoms with Crippen LogP contribution in [0.2, 0.25) is 0 Å². The van der Waals surface area contributed by atoms with Crippen molar-refractivity contribution in [2.24, 2.45) is 5.73 Å². The van der Waals surface area contributed by atoms with Gasteiger partial charge in [0.1, 0.15) is 0 Å². The van der Waals surface area contributed by atoms with Gasteiger partial charge < -0.3 is 15.6 Å². The Balaban J connectivity index is 2.37. The van der Waals surface area contributed by atoms with Crippen LogP contribution in [0.5, 0.6) is 0 Å². The second-order valence-corrected chi connectivity index (χ2v) is 3.08. The largest absolute Gasteiger partial charge is 0.346 e. The van der Waals surface area contributed by atoms with E-state index in [0.29, 0.717) is 18.1 Å². The molecule has 0 saturated heterocycles. The topological polar surface area (TPSA) is 94.0 Å². The maximum atomic E-state index is 11.3. The molecule has 1 amide bonds. The van der Waals surface area contributed by atoms with Crippen molar-refractivity contribution >= 4 is 5.91 Å². The van der Waals surface area contributed by atoms with Gasteiger partial charge in [-0.05, 0) is 13.3 Å². The molecule has 1 atom stereocenters. The molecule has 3 N–H and O–H groups in total. The fourth-order valence-electron chi connectivity index (χ4n) is 0.992. The van der Waals surface area contributed by atoms with Gasteiger partial charge in [0.05, 0.1) is 12.6 Å². The van der Waals surface area contributed by atoms with Crippen LogP contribution in [0.4, 0.5) is 0 Å². The summed E-state index contributed by atoms with van der Waals surface area (Å²) in [5, 5.41) is 6.18. The highest BCUT2D eigenvalue weighted by molar-refractivity contribution is 5.81. The van der Waals surface area contributed by atoms with Crippen LogP contribution in [0.15, 0.2) is 17.2 Å². The molecule has 0 aliphatic rings. The van der Waals surface area contributed by atoms with E-state index in [1.165, 1.54) is 0 Å². The SMILES string of the molecule is C=CCC(N)C(=O)NCc1nc(C)no1. The second-order valence-electron chi connectivity index (χ2n) is 3.08. The number of hydrogen-bond acceptors (Lipinski definition) is 5. The number of hydrogen-bond donors (Lipinski definition) is 2. The summed E-state index contributed by atoms with van der Waals surface area (Å²) >= 11 is 0. The Kier molecular flexibility index (Phi) is 3.99. The smallest absolute Gasteiger partial charge is 0.246 e. The molecule has 0 saturated carbocycles. The first-order valence-corrected chi connectivity index (χ1v) is 4.57. The van der Waals surface area contributed by atoms with Crippen molar-refractivity contribution in [1.82, 2.24) is 15.5 Å². The van der Waals surface area contributed by atoms with E-state index in [9.17, 15) is 4.79 Å². The molecule has 1 heterocycles. The molecule has 1 rings (SSSR count). The van der Waals surface area contributed by atoms with Gasteiger partial charge in [-0.25, -0.2) is 0 Å². The van der Waals surface area contributed by atoms with Crippen LogP contribution in [0, 0.1) is 6.92 Å². The Morgan fingerprint density at radius 2 is 2.53 bits per heavy atom. The molecule has 0 bridgehead atoms. The van der Waals surface area contributed by atoms with Gasteiger partial charge in [0, 0.05) is 0 Å². The van der Waals surface area contributed by atoms with Gasteiger partial charge in [0.2, 0.25) is 11.8 Å². The number of carbonyl (C=O) groups is 1. The first-order valence-electron chi connectivity index (χ1n) is 4.57. The Labute approximate surface area is 87.5 Å². The molecule has 0 aliphatic carbocycles. The lowest BCUT2D eigenvalue weighted by molar-refractivity contribution is -0.122. The molecule has 0 aliphatic heterocycles. The van der Waals surface area contributed by atoms with Crippen LogP contribution < -0.4 is 11.1 Å². The van der Waals surface area contributed by atoms with Crippen LogP contribution in [0.25, 0.3) is 0 Å². The summed E-state index contributed by atoms with van der Waals surface area (Å²) in [5.74, 6) is 0.645. The molecule has 6 heteroatoms. The molecule has 0 spiro atoms. The summed E-state index contributed by atoms with van der Waals surface area (Å²) in [6, 6.07) is -0.577. The van der Waals surface area contributed by atoms with E-state index in [1.807, 2.05) is 0 Å². The highest BCUT2D eigenvalue weighted by atomic mass is 16.5. The second kappa shape index (κ2) is 5.26. The Hall–Kier alpha value is -1.69. The number of carbonyl (C=O) groups excluding carboxylic acids is 1. The summed E-state index contributed by atoms with van der Waals surface area (Å²) in [7, 11) is 0. The molecular weight excluding hydrogens is 196 g/mol. The first kappa shape index (κ1) is 11.4. The van der Waals surface area contributed by atoms with Crippen molar-refractivity contribution < 1.29 is 9.32 Å². The van der Waals surface area contributed by atoms with E-state index in [1.54, 1.807) is 13.0 Å². The minimum absolute atomic E-state index is 0.199. The van der Waals surface area contributed by atoms with Crippen molar-refractivity contribution in [2.45, 2.75) is 25.9 Å². The zero-order valence-corrected chi connectivity index (χ0v) is 8.56. The van der Waals surface area contributed by atoms with E-state index in [-0.39, 0.29) is 12.5 Å². The predicted octanol–water partition coefficient (Wildman–Crippen LogP) is -0.102. The monoisotopic (exact) mass is 210 g/mol. The van der Waals surface area contributed by atoms with Gasteiger partial charge >= 0.3 is 0 Å². The summed E-state index contributed by atoms with van der Waals surface area (Å²) < 4.78 is 4.82. The third kappa shape index (κ3) is 3.51. The van der Waals surface area contributed by atoms with Gasteiger partial charge in [-0.1, -0.05) is 11.2 Å². The Bertz CT molecular complexity index is 348. The summed E-state index contributed by atoms with van der Waals surface area (Å²) in [5.41, 5.74) is 5.55. The lowest BCUT2D eigenvalue weighted by Gasteiger charge is -2.07. The van der Waals surface area contributed by atoms with Gasteiger partial charge in [-0.15, -0.1) is 6.58 Å². The predicted molar refractivity (Wildman–Crippen MR) is 53.7 cm³/mol. The molecule has 0 aromatic carbocycles. The van der Waals surface area contributed by atoms with Crippen molar-refractivity contribution in [2.75, 3.05) is 0 Å². The van der Waals surface area contributed by atoms with E-state index in [2.05, 4.69) is 22.0 Å². The molecule has 0 radical (unpaired) electrons. The maximum absolute atomic E-state index is 11.3. The van der Waals surface area contributed by atoms with Gasteiger partial charge in [-0.2, -0.15) is 4.98 Å². The summed E-state index contributed by atoms with van der Waals surface area (Å²) in [6.07, 6.45) is 2.04. The normalized spacial score (nSPS) is 12.1. The van der Waals surface area contributed by atoms with Crippen molar-refractivity contribution in [1.29, 1.82) is 0 Å². The molecule has 6 nitrogen and oxygen atoms in total. The average molecular weight is 210 g/mol. The zero-order valence-electron chi connectivity index (χ0n) is 8.56. The molecule has 82 valence electrons. The van der Waals surface area contributed by atoms with Crippen LogP contribution >= 0.6 is 0 Å². The van der Waals surface area contributed by atoms with Crippen molar-refractivity contribution in [3.8, 4) is 0 Å². The number of amides is 1. The van der Waals surface area contributed by atoms with Crippen LogP contribution in [0.1, 0.15) is 18.1 Å². The first-order chi connectivity index (χ1) is 7.13. The minimum Gasteiger partial charge on any atom is -0.346 e. The highest BCUT2D eigenvalue weighted by Crippen LogP contribution is 1.95. The quantitative estimate of drug-likeness (QED) is 0.662. The molecule has 0 fully saturated rings. The third-order valence-electron chi connectivity index (χ3n) is 1.74. The Morgan fingerprint density at radius 3 is 3.07 bits per heavy atom. The zero-order chi connectivity index (χ0) is 11.3. The van der Waals surface area contributed by atoms with E-state index < -0.39 is 6.04 Å². The number of nitrogens with zero attached hydrogens (tertiary/aromatic N) is 2. The van der Waals surface area contributed by atoms with Crippen molar-refractivity contribution in [3.63, 3.8) is 0 Å². The maximum Gasteiger partial charge on any atom is 0.246 e. The van der Waals surface area contributed by atoms with Gasteiger partial charge in [0.15, 0.2) is 5.82 Å². The minimum atomic E-state index is -0.577. The van der Waals surface area contributed by atoms with Gasteiger partial charge in [-0.3, -0.25) is 4.79 Å². The third-order valence-corrected chi connectivity index (χ3v) is 1.74. The molecular formula is C9H14N4O2. The Morgan fingerprint density at radius 1 is 1.80 bits per heavy atom. The highest BCUT2D eigenvalue weighted by Gasteiger charge is 2.12. The van der Waals surface area contributed by atoms with Crippen LogP contribution in [0.3, 0.4) is 0 Å². The number of nitrogens with two attached hydrogens (primary N) is 1. The number of rotatable bonds is 5. The molecule has 15 heavy (non-hydrogen) atoms. The fraction of sp³-hybridized carbons (Fsp3) is 0.444. The lowest BCUT2D eigenvalue weighted by Crippen LogP contribution is -2.39. The van der Waals surface area contributed by atoms with Crippen molar-refractivity contribution in [3.05, 3.63) is 24.4 Å². The summed E-state index contributed by atoms with van der Waals surface area (Å²) in [4.78, 5) is 15.3. The number of aryl methyl sites for hydroxylation is 1. The van der Waals surface area contributed by atoms with Crippen LogP contribution in [-0.4, -0.2) is 22.1 Å². The summed E-state index contributed by atoms with van der Waals surface area (Å²) in [6.45, 7) is 5.41. The number of nitrogens with one attached hydrogen (secondary N) is 1. The van der Waals surface area contributed by atoms with E-state index in [4.69, 9.17) is 10.3 Å². The fourth-order valence-corrected chi connectivity index (χ4v) is 0.992. The van der Waals surface area contributed by atoms with Crippen LogP contribution in [-0.2, 0) is 11.3 Å². The molecule has 1 aromatic heterocycles.